The van der Waals surface area contributed by atoms with Gasteiger partial charge in [0.15, 0.2) is 0 Å². The minimum Gasteiger partial charge on any atom is -0.302 e. The van der Waals surface area contributed by atoms with Crippen LogP contribution in [0.1, 0.15) is 46.0 Å². The van der Waals surface area contributed by atoms with Crippen LogP contribution in [0.15, 0.2) is 0 Å². The molecule has 15 heavy (non-hydrogen) atoms. The molecule has 0 bridgehead atoms. The first-order chi connectivity index (χ1) is 7.36. The lowest BCUT2D eigenvalue weighted by atomic mass is 10.1. The Kier molecular flexibility index (Phi) is 7.03. The van der Waals surface area contributed by atoms with Crippen LogP contribution in [-0.4, -0.2) is 49.1 Å². The number of nitrogens with zero attached hydrogens (tertiary/aromatic N) is 2. The molecule has 90 valence electrons. The van der Waals surface area contributed by atoms with Gasteiger partial charge in [-0.2, -0.15) is 0 Å². The van der Waals surface area contributed by atoms with E-state index in [0.717, 1.165) is 0 Å². The highest BCUT2D eigenvalue weighted by atomic mass is 15.2. The van der Waals surface area contributed by atoms with Gasteiger partial charge in [0.05, 0.1) is 0 Å². The molecule has 1 heterocycles. The molecule has 0 radical (unpaired) electrons. The first-order valence-electron chi connectivity index (χ1n) is 6.81. The molecular formula is C13H28N2. The van der Waals surface area contributed by atoms with Crippen LogP contribution in [0.2, 0.25) is 0 Å². The van der Waals surface area contributed by atoms with E-state index in [-0.39, 0.29) is 0 Å². The Labute approximate surface area is 95.6 Å². The Morgan fingerprint density at radius 3 is 2.00 bits per heavy atom. The fourth-order valence-electron chi connectivity index (χ4n) is 2.43. The summed E-state index contributed by atoms with van der Waals surface area (Å²) in [7, 11) is 0. The van der Waals surface area contributed by atoms with Crippen molar-refractivity contribution in [1.29, 1.82) is 0 Å². The predicted molar refractivity (Wildman–Crippen MR) is 67.3 cm³/mol. The van der Waals surface area contributed by atoms with Crippen molar-refractivity contribution in [1.82, 2.24) is 9.80 Å². The van der Waals surface area contributed by atoms with Gasteiger partial charge in [-0.25, -0.2) is 0 Å². The van der Waals surface area contributed by atoms with Gasteiger partial charge in [-0.05, 0) is 51.9 Å². The molecule has 0 spiro atoms. The molecule has 2 heteroatoms. The number of hydrogen-bond acceptors (Lipinski definition) is 2. The third-order valence-electron chi connectivity index (χ3n) is 3.26. The summed E-state index contributed by atoms with van der Waals surface area (Å²) in [6.07, 6.45) is 6.87. The molecule has 0 saturated carbocycles. The minimum atomic E-state index is 1.28. The lowest BCUT2D eigenvalue weighted by Crippen LogP contribution is -2.38. The van der Waals surface area contributed by atoms with E-state index in [4.69, 9.17) is 0 Å². The molecule has 1 saturated heterocycles. The number of rotatable bonds is 7. The zero-order valence-electron chi connectivity index (χ0n) is 10.7. The highest BCUT2D eigenvalue weighted by Crippen LogP contribution is 2.08. The predicted octanol–water partition coefficient (Wildman–Crippen LogP) is 2.59. The molecule has 0 N–H and O–H groups in total. The summed E-state index contributed by atoms with van der Waals surface area (Å²) in [6, 6.07) is 0. The molecule has 0 aromatic carbocycles. The van der Waals surface area contributed by atoms with E-state index in [2.05, 4.69) is 23.6 Å². The summed E-state index contributed by atoms with van der Waals surface area (Å²) in [4.78, 5) is 5.26. The second kappa shape index (κ2) is 8.12. The van der Waals surface area contributed by atoms with E-state index < -0.39 is 0 Å². The Bertz CT molecular complexity index is 135. The van der Waals surface area contributed by atoms with Gasteiger partial charge in [0.2, 0.25) is 0 Å². The average molecular weight is 212 g/mol. The van der Waals surface area contributed by atoms with E-state index >= 15 is 0 Å². The van der Waals surface area contributed by atoms with Crippen LogP contribution < -0.4 is 0 Å². The molecule has 1 rings (SSSR count). The quantitative estimate of drug-likeness (QED) is 0.640. The van der Waals surface area contributed by atoms with Crippen LogP contribution in [0.3, 0.4) is 0 Å². The first-order valence-corrected chi connectivity index (χ1v) is 6.81. The summed E-state index contributed by atoms with van der Waals surface area (Å²) >= 11 is 0. The molecule has 0 unspecified atom stereocenters. The molecule has 1 aliphatic heterocycles. The first kappa shape index (κ1) is 13.0. The maximum Gasteiger partial charge on any atom is 0.0109 e. The van der Waals surface area contributed by atoms with Gasteiger partial charge in [-0.3, -0.25) is 0 Å². The van der Waals surface area contributed by atoms with Crippen LogP contribution in [0.5, 0.6) is 0 Å². The molecule has 1 fully saturated rings. The van der Waals surface area contributed by atoms with E-state index in [9.17, 15) is 0 Å². The van der Waals surface area contributed by atoms with Gasteiger partial charge in [-0.15, -0.1) is 0 Å². The fraction of sp³-hybridized carbons (Fsp3) is 1.00. The third kappa shape index (κ3) is 5.53. The zero-order valence-corrected chi connectivity index (χ0v) is 10.7. The maximum atomic E-state index is 2.64. The van der Waals surface area contributed by atoms with Crippen molar-refractivity contribution in [2.45, 2.75) is 46.0 Å². The standard InChI is InChI=1S/C13H28N2/c1-3-8-14(9-4-2)12-13-15-10-6-5-7-11-15/h3-13H2,1-2H3. The summed E-state index contributed by atoms with van der Waals surface area (Å²) in [5, 5.41) is 0. The van der Waals surface area contributed by atoms with Gasteiger partial charge in [-0.1, -0.05) is 20.3 Å². The van der Waals surface area contributed by atoms with Crippen molar-refractivity contribution in [2.24, 2.45) is 0 Å². The number of hydrogen-bond donors (Lipinski definition) is 0. The van der Waals surface area contributed by atoms with Crippen molar-refractivity contribution < 1.29 is 0 Å². The van der Waals surface area contributed by atoms with E-state index in [0.29, 0.717) is 0 Å². The molecule has 0 atom stereocenters. The van der Waals surface area contributed by atoms with Gasteiger partial charge in [0.1, 0.15) is 0 Å². The van der Waals surface area contributed by atoms with Gasteiger partial charge in [0.25, 0.3) is 0 Å². The lowest BCUT2D eigenvalue weighted by molar-refractivity contribution is 0.181. The second-order valence-corrected chi connectivity index (χ2v) is 4.74. The smallest absolute Gasteiger partial charge is 0.0109 e. The molecule has 2 nitrogen and oxygen atoms in total. The summed E-state index contributed by atoms with van der Waals surface area (Å²) in [6.45, 7) is 12.4. The fourth-order valence-corrected chi connectivity index (χ4v) is 2.43. The highest BCUT2D eigenvalue weighted by Gasteiger charge is 2.11. The van der Waals surface area contributed by atoms with Gasteiger partial charge in [0, 0.05) is 13.1 Å². The number of piperidine rings is 1. The van der Waals surface area contributed by atoms with Crippen LogP contribution >= 0.6 is 0 Å². The van der Waals surface area contributed by atoms with Crippen LogP contribution in [-0.2, 0) is 0 Å². The molecule has 1 aliphatic rings. The summed E-state index contributed by atoms with van der Waals surface area (Å²) in [5.74, 6) is 0. The van der Waals surface area contributed by atoms with Crippen molar-refractivity contribution in [3.8, 4) is 0 Å². The van der Waals surface area contributed by atoms with E-state index in [1.807, 2.05) is 0 Å². The van der Waals surface area contributed by atoms with Crippen molar-refractivity contribution >= 4 is 0 Å². The Hall–Kier alpha value is -0.0800. The summed E-state index contributed by atoms with van der Waals surface area (Å²) < 4.78 is 0. The lowest BCUT2D eigenvalue weighted by Gasteiger charge is -2.29. The third-order valence-corrected chi connectivity index (χ3v) is 3.26. The molecular weight excluding hydrogens is 184 g/mol. The molecule has 0 amide bonds. The highest BCUT2D eigenvalue weighted by molar-refractivity contribution is 4.67. The largest absolute Gasteiger partial charge is 0.302 e. The van der Waals surface area contributed by atoms with E-state index in [1.54, 1.807) is 0 Å². The summed E-state index contributed by atoms with van der Waals surface area (Å²) in [5.41, 5.74) is 0. The number of likely N-dealkylation sites (tertiary alicyclic amines) is 1. The SMILES string of the molecule is CCCN(CCC)CCN1CCCCC1. The van der Waals surface area contributed by atoms with Crippen molar-refractivity contribution in [3.05, 3.63) is 0 Å². The monoisotopic (exact) mass is 212 g/mol. The molecule has 0 aromatic rings. The van der Waals surface area contributed by atoms with Crippen molar-refractivity contribution in [2.75, 3.05) is 39.3 Å². The molecule has 0 aliphatic carbocycles. The van der Waals surface area contributed by atoms with Gasteiger partial charge < -0.3 is 9.80 Å². The van der Waals surface area contributed by atoms with Crippen molar-refractivity contribution in [3.63, 3.8) is 0 Å². The maximum absolute atomic E-state index is 2.64. The Morgan fingerprint density at radius 2 is 1.47 bits per heavy atom. The topological polar surface area (TPSA) is 6.48 Å². The molecule has 0 aromatic heterocycles. The average Bonchev–Trinajstić information content (AvgIpc) is 2.28. The Balaban J connectivity index is 2.13. The zero-order chi connectivity index (χ0) is 10.9. The van der Waals surface area contributed by atoms with Crippen LogP contribution in [0, 0.1) is 0 Å². The minimum absolute atomic E-state index is 1.28. The Morgan fingerprint density at radius 1 is 0.867 bits per heavy atom. The van der Waals surface area contributed by atoms with Crippen LogP contribution in [0.4, 0.5) is 0 Å². The van der Waals surface area contributed by atoms with Crippen LogP contribution in [0.25, 0.3) is 0 Å². The van der Waals surface area contributed by atoms with Gasteiger partial charge >= 0.3 is 0 Å². The normalized spacial score (nSPS) is 18.6. The van der Waals surface area contributed by atoms with E-state index in [1.165, 1.54) is 71.4 Å². The second-order valence-electron chi connectivity index (χ2n) is 4.74.